The quantitative estimate of drug-likeness (QED) is 0.726. The first-order valence-electron chi connectivity index (χ1n) is 4.46. The highest BCUT2D eigenvalue weighted by molar-refractivity contribution is 5.35. The Morgan fingerprint density at radius 2 is 2.29 bits per heavy atom. The fourth-order valence-electron chi connectivity index (χ4n) is 1.29. The van der Waals surface area contributed by atoms with Crippen LogP contribution in [0.15, 0.2) is 30.6 Å². The maximum absolute atomic E-state index is 13.5. The maximum Gasteiger partial charge on any atom is 0.149 e. The summed E-state index contributed by atoms with van der Waals surface area (Å²) in [5.41, 5.74) is 1.41. The molecule has 2 rings (SSSR count). The summed E-state index contributed by atoms with van der Waals surface area (Å²) in [6, 6.07) is 5.12. The lowest BCUT2D eigenvalue weighted by atomic mass is 10.1. The Bertz CT molecular complexity index is 423. The minimum absolute atomic E-state index is 0.269. The average molecular weight is 191 g/mol. The smallest absolute Gasteiger partial charge is 0.149 e. The van der Waals surface area contributed by atoms with Gasteiger partial charge in [-0.1, -0.05) is 18.2 Å². The first-order chi connectivity index (χ1) is 6.81. The lowest BCUT2D eigenvalue weighted by Crippen LogP contribution is -1.99. The highest BCUT2D eigenvalue weighted by Gasteiger charge is 2.04. The number of benzene rings is 1. The first kappa shape index (κ1) is 8.87. The van der Waals surface area contributed by atoms with E-state index in [1.807, 2.05) is 13.0 Å². The van der Waals surface area contributed by atoms with Gasteiger partial charge in [-0.05, 0) is 24.1 Å². The zero-order valence-electron chi connectivity index (χ0n) is 7.81. The van der Waals surface area contributed by atoms with Crippen LogP contribution in [0.3, 0.4) is 0 Å². The van der Waals surface area contributed by atoms with Gasteiger partial charge in [0.15, 0.2) is 0 Å². The van der Waals surface area contributed by atoms with Crippen LogP contribution in [-0.4, -0.2) is 15.0 Å². The van der Waals surface area contributed by atoms with E-state index in [1.165, 1.54) is 16.9 Å². The molecular weight excluding hydrogens is 181 g/mol. The molecule has 0 spiro atoms. The molecule has 0 aliphatic rings. The van der Waals surface area contributed by atoms with Crippen molar-refractivity contribution in [1.82, 2.24) is 15.0 Å². The molecule has 1 aromatic carbocycles. The lowest BCUT2D eigenvalue weighted by molar-refractivity contribution is 0.605. The van der Waals surface area contributed by atoms with Crippen LogP contribution in [0.1, 0.15) is 12.5 Å². The first-order valence-corrected chi connectivity index (χ1v) is 4.46. The predicted octanol–water partition coefficient (Wildman–Crippen LogP) is 1.97. The van der Waals surface area contributed by atoms with Gasteiger partial charge in [-0.3, -0.25) is 0 Å². The predicted molar refractivity (Wildman–Crippen MR) is 50.7 cm³/mol. The summed E-state index contributed by atoms with van der Waals surface area (Å²) in [5.74, 6) is -0.269. The Kier molecular flexibility index (Phi) is 2.26. The van der Waals surface area contributed by atoms with Gasteiger partial charge in [0, 0.05) is 0 Å². The zero-order chi connectivity index (χ0) is 9.97. The van der Waals surface area contributed by atoms with Gasteiger partial charge in [0.2, 0.25) is 0 Å². The third-order valence-electron chi connectivity index (χ3n) is 2.09. The molecule has 1 aromatic heterocycles. The minimum Gasteiger partial charge on any atom is -0.218 e. The molecule has 4 heteroatoms. The van der Waals surface area contributed by atoms with E-state index in [1.54, 1.807) is 12.3 Å². The molecule has 0 amide bonds. The SMILES string of the molecule is CCc1ccc(-n2ccnn2)c(F)c1. The van der Waals surface area contributed by atoms with Crippen molar-refractivity contribution >= 4 is 0 Å². The fraction of sp³-hybridized carbons (Fsp3) is 0.200. The Morgan fingerprint density at radius 3 is 2.86 bits per heavy atom. The molecule has 0 N–H and O–H groups in total. The average Bonchev–Trinajstić information content (AvgIpc) is 2.70. The van der Waals surface area contributed by atoms with Crippen LogP contribution in [-0.2, 0) is 6.42 Å². The lowest BCUT2D eigenvalue weighted by Gasteiger charge is -2.03. The molecule has 2 aromatic rings. The Morgan fingerprint density at radius 1 is 1.43 bits per heavy atom. The number of aryl methyl sites for hydroxylation is 1. The van der Waals surface area contributed by atoms with Crippen molar-refractivity contribution in [3.63, 3.8) is 0 Å². The monoisotopic (exact) mass is 191 g/mol. The summed E-state index contributed by atoms with van der Waals surface area (Å²) in [4.78, 5) is 0. The van der Waals surface area contributed by atoms with Gasteiger partial charge in [0.1, 0.15) is 11.5 Å². The third kappa shape index (κ3) is 1.51. The molecule has 14 heavy (non-hydrogen) atoms. The normalized spacial score (nSPS) is 10.4. The van der Waals surface area contributed by atoms with E-state index < -0.39 is 0 Å². The number of nitrogens with zero attached hydrogens (tertiary/aromatic N) is 3. The second kappa shape index (κ2) is 3.57. The largest absolute Gasteiger partial charge is 0.218 e. The molecule has 0 unspecified atom stereocenters. The molecule has 0 radical (unpaired) electrons. The summed E-state index contributed by atoms with van der Waals surface area (Å²) in [7, 11) is 0. The summed E-state index contributed by atoms with van der Waals surface area (Å²) < 4.78 is 14.9. The highest BCUT2D eigenvalue weighted by atomic mass is 19.1. The van der Waals surface area contributed by atoms with Gasteiger partial charge >= 0.3 is 0 Å². The third-order valence-corrected chi connectivity index (χ3v) is 2.09. The topological polar surface area (TPSA) is 30.7 Å². The van der Waals surface area contributed by atoms with Crippen molar-refractivity contribution in [2.24, 2.45) is 0 Å². The van der Waals surface area contributed by atoms with Crippen molar-refractivity contribution in [2.45, 2.75) is 13.3 Å². The molecule has 0 saturated carbocycles. The fourth-order valence-corrected chi connectivity index (χ4v) is 1.29. The van der Waals surface area contributed by atoms with E-state index in [0.29, 0.717) is 5.69 Å². The summed E-state index contributed by atoms with van der Waals surface area (Å²) in [6.07, 6.45) is 3.96. The molecule has 0 aliphatic heterocycles. The van der Waals surface area contributed by atoms with Crippen LogP contribution in [0, 0.1) is 5.82 Å². The molecule has 72 valence electrons. The number of aromatic nitrogens is 3. The van der Waals surface area contributed by atoms with E-state index in [2.05, 4.69) is 10.3 Å². The standard InChI is InChI=1S/C10H10FN3/c1-2-8-3-4-10(9(11)7-8)14-6-5-12-13-14/h3-7H,2H2,1H3. The molecule has 3 nitrogen and oxygen atoms in total. The number of halogens is 1. The second-order valence-electron chi connectivity index (χ2n) is 2.99. The zero-order valence-corrected chi connectivity index (χ0v) is 7.81. The number of rotatable bonds is 2. The van der Waals surface area contributed by atoms with E-state index >= 15 is 0 Å². The van der Waals surface area contributed by atoms with Gasteiger partial charge in [-0.15, -0.1) is 5.10 Å². The molecule has 0 saturated heterocycles. The molecule has 0 bridgehead atoms. The number of hydrogen-bond donors (Lipinski definition) is 0. The van der Waals surface area contributed by atoms with Crippen molar-refractivity contribution in [3.8, 4) is 5.69 Å². The molecule has 1 heterocycles. The second-order valence-corrected chi connectivity index (χ2v) is 2.99. The van der Waals surface area contributed by atoms with Gasteiger partial charge in [0.05, 0.1) is 12.4 Å². The van der Waals surface area contributed by atoms with E-state index in [4.69, 9.17) is 0 Å². The van der Waals surface area contributed by atoms with E-state index in [-0.39, 0.29) is 5.82 Å². The van der Waals surface area contributed by atoms with Crippen molar-refractivity contribution in [3.05, 3.63) is 42.0 Å². The van der Waals surface area contributed by atoms with Crippen LogP contribution in [0.25, 0.3) is 5.69 Å². The van der Waals surface area contributed by atoms with Crippen LogP contribution >= 0.6 is 0 Å². The molecule has 0 fully saturated rings. The maximum atomic E-state index is 13.5. The van der Waals surface area contributed by atoms with Gasteiger partial charge in [0.25, 0.3) is 0 Å². The van der Waals surface area contributed by atoms with Crippen molar-refractivity contribution < 1.29 is 4.39 Å². The molecular formula is C10H10FN3. The molecule has 0 aliphatic carbocycles. The summed E-state index contributed by atoms with van der Waals surface area (Å²) >= 11 is 0. The van der Waals surface area contributed by atoms with Crippen LogP contribution < -0.4 is 0 Å². The van der Waals surface area contributed by atoms with Gasteiger partial charge < -0.3 is 0 Å². The van der Waals surface area contributed by atoms with Crippen molar-refractivity contribution in [2.75, 3.05) is 0 Å². The van der Waals surface area contributed by atoms with Crippen LogP contribution in [0.2, 0.25) is 0 Å². The van der Waals surface area contributed by atoms with Crippen LogP contribution in [0.5, 0.6) is 0 Å². The number of hydrogen-bond acceptors (Lipinski definition) is 2. The molecule has 0 atom stereocenters. The summed E-state index contributed by atoms with van der Waals surface area (Å²) in [6.45, 7) is 1.99. The Balaban J connectivity index is 2.46. The van der Waals surface area contributed by atoms with Crippen molar-refractivity contribution in [1.29, 1.82) is 0 Å². The van der Waals surface area contributed by atoms with Gasteiger partial charge in [-0.2, -0.15) is 0 Å². The Labute approximate surface area is 81.2 Å². The highest BCUT2D eigenvalue weighted by Crippen LogP contribution is 2.13. The van der Waals surface area contributed by atoms with Crippen LogP contribution in [0.4, 0.5) is 4.39 Å². The summed E-state index contributed by atoms with van der Waals surface area (Å²) in [5, 5.41) is 7.36. The minimum atomic E-state index is -0.269. The van der Waals surface area contributed by atoms with E-state index in [9.17, 15) is 4.39 Å². The van der Waals surface area contributed by atoms with E-state index in [0.717, 1.165) is 12.0 Å². The Hall–Kier alpha value is -1.71. The van der Waals surface area contributed by atoms with Gasteiger partial charge in [-0.25, -0.2) is 9.07 Å².